The van der Waals surface area contributed by atoms with Crippen LogP contribution >= 0.6 is 0 Å². The molecule has 0 saturated carbocycles. The van der Waals surface area contributed by atoms with Crippen LogP contribution in [0.4, 0.5) is 4.39 Å². The quantitative estimate of drug-likeness (QED) is 0.790. The summed E-state index contributed by atoms with van der Waals surface area (Å²) < 4.78 is 31.5. The molecular formula is C22H27FN4O2S. The minimum Gasteiger partial charge on any atom is -0.298 e. The number of hydrogen-bond donors (Lipinski definition) is 1. The second kappa shape index (κ2) is 8.17. The number of amides is 1. The van der Waals surface area contributed by atoms with Gasteiger partial charge in [-0.05, 0) is 79.1 Å². The van der Waals surface area contributed by atoms with Crippen molar-refractivity contribution in [2.45, 2.75) is 50.8 Å². The maximum absolute atomic E-state index is 14.7. The molecule has 1 atom stereocenters. The van der Waals surface area contributed by atoms with Crippen LogP contribution in [0.1, 0.15) is 37.0 Å². The molecule has 1 saturated heterocycles. The number of pyridine rings is 1. The zero-order valence-electron chi connectivity index (χ0n) is 17.3. The lowest BCUT2D eigenvalue weighted by molar-refractivity contribution is -0.117. The molecule has 2 aromatic rings. The number of aromatic nitrogens is 1. The van der Waals surface area contributed by atoms with E-state index in [-0.39, 0.29) is 17.5 Å². The first-order valence-corrected chi connectivity index (χ1v) is 11.9. The Morgan fingerprint density at radius 1 is 1.30 bits per heavy atom. The first-order valence-electron chi connectivity index (χ1n) is 10.3. The normalized spacial score (nSPS) is 18.7. The lowest BCUT2D eigenvalue weighted by Gasteiger charge is -2.41. The van der Waals surface area contributed by atoms with Crippen LogP contribution in [0.15, 0.2) is 35.0 Å². The molecule has 1 aromatic heterocycles. The van der Waals surface area contributed by atoms with E-state index in [2.05, 4.69) is 28.1 Å². The molecule has 0 spiro atoms. The molecule has 0 bridgehead atoms. The number of likely N-dealkylation sites (tertiary alicyclic amines) is 1. The fourth-order valence-corrected chi connectivity index (χ4v) is 5.66. The topological polar surface area (TPSA) is 88.6 Å². The van der Waals surface area contributed by atoms with Crippen molar-refractivity contribution in [2.75, 3.05) is 13.1 Å². The number of fused-ring (bicyclic) bond motifs is 1. The van der Waals surface area contributed by atoms with Crippen LogP contribution in [0.5, 0.6) is 0 Å². The lowest BCUT2D eigenvalue weighted by atomic mass is 9.91. The Balaban J connectivity index is 1.65. The Labute approximate surface area is 177 Å². The highest BCUT2D eigenvalue weighted by Crippen LogP contribution is 2.36. The van der Waals surface area contributed by atoms with Gasteiger partial charge in [-0.25, -0.2) is 13.7 Å². The van der Waals surface area contributed by atoms with E-state index in [1.807, 2.05) is 0 Å². The highest BCUT2D eigenvalue weighted by molar-refractivity contribution is 7.92. The first kappa shape index (κ1) is 21.1. The zero-order chi connectivity index (χ0) is 21.5. The van der Waals surface area contributed by atoms with E-state index < -0.39 is 15.8 Å². The molecule has 6 nitrogen and oxygen atoms in total. The minimum atomic E-state index is -3.11. The zero-order valence-corrected chi connectivity index (χ0v) is 18.1. The van der Waals surface area contributed by atoms with E-state index in [1.54, 1.807) is 24.5 Å². The van der Waals surface area contributed by atoms with Gasteiger partial charge in [-0.15, -0.1) is 4.36 Å². The summed E-state index contributed by atoms with van der Waals surface area (Å²) in [4.78, 5) is 19.0. The van der Waals surface area contributed by atoms with Gasteiger partial charge in [0.05, 0.1) is 11.7 Å². The largest absolute Gasteiger partial charge is 0.298 e. The molecule has 1 aliphatic heterocycles. The summed E-state index contributed by atoms with van der Waals surface area (Å²) in [6.45, 7) is 5.29. The fourth-order valence-electron chi connectivity index (χ4n) is 4.32. The molecule has 2 heterocycles. The SMILES string of the molecule is CC(C)N1CC(S(N)(=O)=NC(=O)Cc2c(-c3ccncc3)cc(F)c3c2CCC3)C1. The van der Waals surface area contributed by atoms with Gasteiger partial charge in [0.1, 0.15) is 15.7 Å². The highest BCUT2D eigenvalue weighted by Gasteiger charge is 2.35. The van der Waals surface area contributed by atoms with E-state index >= 15 is 0 Å². The summed E-state index contributed by atoms with van der Waals surface area (Å²) >= 11 is 0. The molecular weight excluding hydrogens is 403 g/mol. The third kappa shape index (κ3) is 4.04. The number of carbonyl (C=O) groups is 1. The van der Waals surface area contributed by atoms with Crippen LogP contribution in [-0.4, -0.2) is 44.4 Å². The maximum Gasteiger partial charge on any atom is 0.259 e. The molecule has 30 heavy (non-hydrogen) atoms. The van der Waals surface area contributed by atoms with Gasteiger partial charge in [0.25, 0.3) is 5.91 Å². The molecule has 1 aliphatic carbocycles. The van der Waals surface area contributed by atoms with Gasteiger partial charge in [0, 0.05) is 31.5 Å². The van der Waals surface area contributed by atoms with Gasteiger partial charge < -0.3 is 0 Å². The van der Waals surface area contributed by atoms with Gasteiger partial charge in [-0.1, -0.05) is 0 Å². The van der Waals surface area contributed by atoms with Crippen molar-refractivity contribution in [3.8, 4) is 11.1 Å². The number of hydrogen-bond acceptors (Lipinski definition) is 4. The van der Waals surface area contributed by atoms with Gasteiger partial charge in [-0.3, -0.25) is 14.7 Å². The number of halogens is 1. The molecule has 4 rings (SSSR count). The van der Waals surface area contributed by atoms with Gasteiger partial charge in [-0.2, -0.15) is 0 Å². The summed E-state index contributed by atoms with van der Waals surface area (Å²) in [7, 11) is -3.11. The second-order valence-corrected chi connectivity index (χ2v) is 10.5. The number of nitrogens with two attached hydrogens (primary N) is 1. The standard InChI is InChI=1S/C22H27FN4O2S/c1-14(2)27-12-16(13-27)30(24,29)26-22(28)11-20-17-4-3-5-18(17)21(23)10-19(20)15-6-8-25-9-7-15/h6-10,14,16H,3-5,11-13H2,1-2H3,(H2,24,26,28,29). The average molecular weight is 431 g/mol. The van der Waals surface area contributed by atoms with Crippen LogP contribution in [0, 0.1) is 5.82 Å². The highest BCUT2D eigenvalue weighted by atomic mass is 32.2. The van der Waals surface area contributed by atoms with Crippen LogP contribution in [0.25, 0.3) is 11.1 Å². The fraction of sp³-hybridized carbons (Fsp3) is 0.455. The monoisotopic (exact) mass is 430 g/mol. The van der Waals surface area contributed by atoms with Crippen LogP contribution in [-0.2, 0) is 34.0 Å². The third-order valence-corrected chi connectivity index (χ3v) is 7.86. The third-order valence-electron chi connectivity index (χ3n) is 6.11. The molecule has 160 valence electrons. The number of rotatable bonds is 5. The molecule has 2 N–H and O–H groups in total. The molecule has 1 fully saturated rings. The molecule has 1 amide bonds. The minimum absolute atomic E-state index is 0.0327. The number of benzene rings is 1. The van der Waals surface area contributed by atoms with Gasteiger partial charge >= 0.3 is 0 Å². The Kier molecular flexibility index (Phi) is 5.74. The van der Waals surface area contributed by atoms with Crippen molar-refractivity contribution in [3.63, 3.8) is 0 Å². The summed E-state index contributed by atoms with van der Waals surface area (Å²) in [6, 6.07) is 5.43. The summed E-state index contributed by atoms with van der Waals surface area (Å²) in [5, 5.41) is 5.67. The van der Waals surface area contributed by atoms with E-state index in [4.69, 9.17) is 5.14 Å². The van der Waals surface area contributed by atoms with Crippen LogP contribution in [0.2, 0.25) is 0 Å². The summed E-state index contributed by atoms with van der Waals surface area (Å²) in [6.07, 6.45) is 5.48. The van der Waals surface area contributed by atoms with Gasteiger partial charge in [0.15, 0.2) is 0 Å². The van der Waals surface area contributed by atoms with Crippen molar-refractivity contribution in [1.29, 1.82) is 0 Å². The van der Waals surface area contributed by atoms with Crippen molar-refractivity contribution < 1.29 is 13.4 Å². The molecule has 1 aromatic carbocycles. The Morgan fingerprint density at radius 3 is 2.63 bits per heavy atom. The smallest absolute Gasteiger partial charge is 0.259 e. The first-order chi connectivity index (χ1) is 14.3. The molecule has 1 unspecified atom stereocenters. The summed E-state index contributed by atoms with van der Waals surface area (Å²) in [5.41, 5.74) is 3.77. The molecule has 2 aliphatic rings. The summed E-state index contributed by atoms with van der Waals surface area (Å²) in [5.74, 6) is -0.755. The van der Waals surface area contributed by atoms with Crippen LogP contribution < -0.4 is 5.14 Å². The van der Waals surface area contributed by atoms with E-state index in [9.17, 15) is 13.4 Å². The maximum atomic E-state index is 14.7. The lowest BCUT2D eigenvalue weighted by Crippen LogP contribution is -2.58. The van der Waals surface area contributed by atoms with E-state index in [1.165, 1.54) is 6.07 Å². The predicted molar refractivity (Wildman–Crippen MR) is 116 cm³/mol. The molecule has 0 radical (unpaired) electrons. The van der Waals surface area contributed by atoms with Gasteiger partial charge in [0.2, 0.25) is 0 Å². The Hall–Kier alpha value is -2.16. The number of carbonyl (C=O) groups excluding carboxylic acids is 1. The van der Waals surface area contributed by atoms with Crippen molar-refractivity contribution in [3.05, 3.63) is 53.1 Å². The predicted octanol–water partition coefficient (Wildman–Crippen LogP) is 2.88. The van der Waals surface area contributed by atoms with E-state index in [0.29, 0.717) is 36.7 Å². The van der Waals surface area contributed by atoms with E-state index in [0.717, 1.165) is 29.5 Å². The van der Waals surface area contributed by atoms with Crippen molar-refractivity contribution >= 4 is 15.8 Å². The molecule has 8 heteroatoms. The van der Waals surface area contributed by atoms with Crippen molar-refractivity contribution in [1.82, 2.24) is 9.88 Å². The second-order valence-electron chi connectivity index (χ2n) is 8.38. The Morgan fingerprint density at radius 2 is 1.97 bits per heavy atom. The Bertz CT molecular complexity index is 1090. The average Bonchev–Trinajstić information content (AvgIpc) is 3.13. The van der Waals surface area contributed by atoms with Crippen molar-refractivity contribution in [2.24, 2.45) is 9.50 Å². The number of nitrogens with zero attached hydrogens (tertiary/aromatic N) is 3. The van der Waals surface area contributed by atoms with Crippen LogP contribution in [0.3, 0.4) is 0 Å².